The van der Waals surface area contributed by atoms with Gasteiger partial charge in [-0.1, -0.05) is 12.1 Å². The third-order valence-corrected chi connectivity index (χ3v) is 6.81. The minimum atomic E-state index is -4.06. The first-order valence-corrected chi connectivity index (χ1v) is 10.8. The molecule has 1 fully saturated rings. The van der Waals surface area contributed by atoms with E-state index in [0.29, 0.717) is 12.4 Å². The maximum Gasteiger partial charge on any atom is 0.261 e. The molecule has 10 heteroatoms. The lowest BCUT2D eigenvalue weighted by Gasteiger charge is -2.35. The van der Waals surface area contributed by atoms with Crippen molar-refractivity contribution in [1.82, 2.24) is 9.79 Å². The van der Waals surface area contributed by atoms with E-state index in [0.717, 1.165) is 15.6 Å². The Hall–Kier alpha value is -2.66. The van der Waals surface area contributed by atoms with Gasteiger partial charge in [0.25, 0.3) is 5.91 Å². The highest BCUT2D eigenvalue weighted by Crippen LogP contribution is 2.27. The Balaban J connectivity index is 1.72. The number of carbonyl (C=O) groups is 1. The van der Waals surface area contributed by atoms with Gasteiger partial charge in [-0.3, -0.25) is 10.0 Å². The highest BCUT2D eigenvalue weighted by molar-refractivity contribution is 7.89. The number of sulfonamides is 1. The number of aliphatic hydroxyl groups excluding tert-OH is 1. The molecule has 30 heavy (non-hydrogen) atoms. The van der Waals surface area contributed by atoms with E-state index in [1.165, 1.54) is 29.7 Å². The van der Waals surface area contributed by atoms with Crippen LogP contribution < -0.4 is 15.0 Å². The second-order valence-corrected chi connectivity index (χ2v) is 8.80. The zero-order valence-corrected chi connectivity index (χ0v) is 17.2. The van der Waals surface area contributed by atoms with Crippen molar-refractivity contribution in [3.63, 3.8) is 0 Å². The fraction of sp³-hybridized carbons (Fsp3) is 0.350. The number of aliphatic hydroxyl groups is 1. The lowest BCUT2D eigenvalue weighted by molar-refractivity contribution is -0.135. The number of hydrogen-bond acceptors (Lipinski definition) is 7. The summed E-state index contributed by atoms with van der Waals surface area (Å²) in [6.45, 7) is 0.0727. The SMILES string of the molecule is COc1ccc(COc2ccc(S(=O)(=O)N3C[C@H](O)CC[C@@H]3C(=O)NO)cc2)cc1. The molecule has 1 heterocycles. The molecule has 3 rings (SSSR count). The van der Waals surface area contributed by atoms with Crippen LogP contribution in [0.5, 0.6) is 11.5 Å². The molecular formula is C20H24N2O7S. The van der Waals surface area contributed by atoms with Crippen LogP contribution in [-0.4, -0.2) is 54.7 Å². The van der Waals surface area contributed by atoms with Crippen molar-refractivity contribution < 1.29 is 33.0 Å². The quantitative estimate of drug-likeness (QED) is 0.441. The first kappa shape index (κ1) is 22.0. The molecule has 162 valence electrons. The molecule has 1 amide bonds. The summed E-state index contributed by atoms with van der Waals surface area (Å²) < 4.78 is 37.7. The molecular weight excluding hydrogens is 412 g/mol. The van der Waals surface area contributed by atoms with Crippen LogP contribution in [0.4, 0.5) is 0 Å². The summed E-state index contributed by atoms with van der Waals surface area (Å²) in [6.07, 6.45) is -0.507. The maximum atomic E-state index is 13.0. The standard InChI is InChI=1S/C20H24N2O7S/c1-28-16-5-2-14(3-6-16)13-29-17-7-9-18(10-8-17)30(26,27)22-12-15(23)4-11-19(22)20(24)21-25/h2-3,5-10,15,19,23,25H,4,11-13H2,1H3,(H,21,24)/t15-,19-/m1/s1. The largest absolute Gasteiger partial charge is 0.497 e. The predicted octanol–water partition coefficient (Wildman–Crippen LogP) is 1.29. The molecule has 1 aliphatic heterocycles. The highest BCUT2D eigenvalue weighted by Gasteiger charge is 2.40. The van der Waals surface area contributed by atoms with Crippen molar-refractivity contribution in [1.29, 1.82) is 0 Å². The van der Waals surface area contributed by atoms with E-state index in [1.54, 1.807) is 7.11 Å². The molecule has 9 nitrogen and oxygen atoms in total. The van der Waals surface area contributed by atoms with Crippen molar-refractivity contribution >= 4 is 15.9 Å². The van der Waals surface area contributed by atoms with Crippen LogP contribution in [0.1, 0.15) is 18.4 Å². The topological polar surface area (TPSA) is 125 Å². The Morgan fingerprint density at radius 3 is 2.33 bits per heavy atom. The van der Waals surface area contributed by atoms with Crippen molar-refractivity contribution in [2.75, 3.05) is 13.7 Å². The van der Waals surface area contributed by atoms with Crippen molar-refractivity contribution in [3.05, 3.63) is 54.1 Å². The Morgan fingerprint density at radius 2 is 1.73 bits per heavy atom. The maximum absolute atomic E-state index is 13.0. The number of methoxy groups -OCH3 is 1. The Bertz CT molecular complexity index is 962. The van der Waals surface area contributed by atoms with Crippen LogP contribution in [0.2, 0.25) is 0 Å². The van der Waals surface area contributed by atoms with E-state index in [4.69, 9.17) is 14.7 Å². The summed E-state index contributed by atoms with van der Waals surface area (Å²) in [5.74, 6) is 0.391. The van der Waals surface area contributed by atoms with Gasteiger partial charge in [0.1, 0.15) is 24.1 Å². The van der Waals surface area contributed by atoms with Gasteiger partial charge >= 0.3 is 0 Å². The molecule has 1 aliphatic rings. The van der Waals surface area contributed by atoms with Crippen LogP contribution in [0.3, 0.4) is 0 Å². The van der Waals surface area contributed by atoms with Gasteiger partial charge in [0.05, 0.1) is 18.1 Å². The lowest BCUT2D eigenvalue weighted by atomic mass is 10.0. The fourth-order valence-electron chi connectivity index (χ4n) is 3.25. The number of carbonyl (C=O) groups excluding carboxylic acids is 1. The number of nitrogens with one attached hydrogen (secondary N) is 1. The number of nitrogens with zero attached hydrogens (tertiary/aromatic N) is 1. The van der Waals surface area contributed by atoms with E-state index < -0.39 is 28.1 Å². The summed E-state index contributed by atoms with van der Waals surface area (Å²) in [4.78, 5) is 11.9. The van der Waals surface area contributed by atoms with Crippen LogP contribution in [-0.2, 0) is 21.4 Å². The smallest absolute Gasteiger partial charge is 0.261 e. The molecule has 0 aliphatic carbocycles. The summed E-state index contributed by atoms with van der Waals surface area (Å²) in [7, 11) is -2.47. The second kappa shape index (κ2) is 9.43. The van der Waals surface area contributed by atoms with Crippen LogP contribution >= 0.6 is 0 Å². The molecule has 2 atom stereocenters. The average Bonchev–Trinajstić information content (AvgIpc) is 2.77. The summed E-state index contributed by atoms with van der Waals surface area (Å²) in [5, 5.41) is 18.8. The minimum absolute atomic E-state index is 0.0378. The van der Waals surface area contributed by atoms with E-state index >= 15 is 0 Å². The molecule has 0 unspecified atom stereocenters. The summed E-state index contributed by atoms with van der Waals surface area (Å²) in [5.41, 5.74) is 2.42. The highest BCUT2D eigenvalue weighted by atomic mass is 32.2. The number of rotatable bonds is 7. The molecule has 0 bridgehead atoms. The average molecular weight is 436 g/mol. The molecule has 1 saturated heterocycles. The van der Waals surface area contributed by atoms with Crippen LogP contribution in [0, 0.1) is 0 Å². The first-order chi connectivity index (χ1) is 14.3. The van der Waals surface area contributed by atoms with Crippen molar-refractivity contribution in [3.8, 4) is 11.5 Å². The number of β-amino-alcohol motifs (C(OH)–C–C–N with tert-alkyl or cyclic N) is 1. The second-order valence-electron chi connectivity index (χ2n) is 6.91. The monoisotopic (exact) mass is 436 g/mol. The first-order valence-electron chi connectivity index (χ1n) is 9.35. The Morgan fingerprint density at radius 1 is 1.10 bits per heavy atom. The summed E-state index contributed by atoms with van der Waals surface area (Å²) >= 11 is 0. The van der Waals surface area contributed by atoms with Gasteiger partial charge in [-0.05, 0) is 54.8 Å². The van der Waals surface area contributed by atoms with E-state index in [2.05, 4.69) is 0 Å². The molecule has 3 N–H and O–H groups in total. The zero-order chi connectivity index (χ0) is 21.7. The number of hydroxylamine groups is 1. The molecule has 0 aromatic heterocycles. The molecule has 2 aromatic carbocycles. The van der Waals surface area contributed by atoms with Crippen molar-refractivity contribution in [2.24, 2.45) is 0 Å². The third-order valence-electron chi connectivity index (χ3n) is 4.92. The normalized spacial score (nSPS) is 19.8. The van der Waals surface area contributed by atoms with Gasteiger partial charge in [-0.2, -0.15) is 4.31 Å². The number of hydrogen-bond donors (Lipinski definition) is 3. The number of ether oxygens (including phenoxy) is 2. The Labute approximate surface area is 174 Å². The number of benzene rings is 2. The predicted molar refractivity (Wildman–Crippen MR) is 107 cm³/mol. The number of piperidine rings is 1. The van der Waals surface area contributed by atoms with Gasteiger partial charge in [0.15, 0.2) is 0 Å². The van der Waals surface area contributed by atoms with Crippen molar-refractivity contribution in [2.45, 2.75) is 36.5 Å². The summed E-state index contributed by atoms with van der Waals surface area (Å²) in [6, 6.07) is 12.1. The van der Waals surface area contributed by atoms with Crippen LogP contribution in [0.25, 0.3) is 0 Å². The minimum Gasteiger partial charge on any atom is -0.497 e. The third kappa shape index (κ3) is 4.90. The van der Waals surface area contributed by atoms with E-state index in [-0.39, 0.29) is 24.3 Å². The molecule has 2 aromatic rings. The molecule has 0 saturated carbocycles. The van der Waals surface area contributed by atoms with Gasteiger partial charge in [-0.25, -0.2) is 13.9 Å². The van der Waals surface area contributed by atoms with Gasteiger partial charge in [0.2, 0.25) is 10.0 Å². The zero-order valence-electron chi connectivity index (χ0n) is 16.4. The lowest BCUT2D eigenvalue weighted by Crippen LogP contribution is -2.54. The molecule has 0 spiro atoms. The van der Waals surface area contributed by atoms with Gasteiger partial charge in [0, 0.05) is 6.54 Å². The van der Waals surface area contributed by atoms with Crippen LogP contribution in [0.15, 0.2) is 53.4 Å². The molecule has 0 radical (unpaired) electrons. The van der Waals surface area contributed by atoms with E-state index in [1.807, 2.05) is 24.3 Å². The fourth-order valence-corrected chi connectivity index (χ4v) is 4.91. The Kier molecular flexibility index (Phi) is 6.93. The van der Waals surface area contributed by atoms with Gasteiger partial charge < -0.3 is 14.6 Å². The van der Waals surface area contributed by atoms with Gasteiger partial charge in [-0.15, -0.1) is 0 Å². The number of amides is 1. The van der Waals surface area contributed by atoms with E-state index in [9.17, 15) is 18.3 Å².